The number of hydrogen-bond acceptors (Lipinski definition) is 26. The maximum absolute atomic E-state index is 8.44. The van der Waals surface area contributed by atoms with Gasteiger partial charge >= 0.3 is 21.2 Å². The molecule has 0 amide bonds. The molecule has 76 heavy (non-hydrogen) atoms. The van der Waals surface area contributed by atoms with Gasteiger partial charge in [0, 0.05) is 54.8 Å². The summed E-state index contributed by atoms with van der Waals surface area (Å²) in [4.78, 5) is 19.3. The first-order valence-electron chi connectivity index (χ1n) is 22.9. The van der Waals surface area contributed by atoms with Crippen LogP contribution in [0.15, 0.2) is 117 Å². The van der Waals surface area contributed by atoms with Gasteiger partial charge in [-0.3, -0.25) is 0 Å². The molecule has 0 unspecified atom stereocenters. The highest BCUT2D eigenvalue weighted by molar-refractivity contribution is 7.98. The molecule has 8 rings (SSSR count). The van der Waals surface area contributed by atoms with Crippen molar-refractivity contribution in [2.24, 2.45) is 20.5 Å². The first kappa shape index (κ1) is 57.4. The van der Waals surface area contributed by atoms with E-state index in [-0.39, 0.29) is 11.9 Å². The Morgan fingerprint density at radius 1 is 0.539 bits per heavy atom. The van der Waals surface area contributed by atoms with E-state index in [1.807, 2.05) is 78.9 Å². The molecule has 0 saturated carbocycles. The quantitative estimate of drug-likeness (QED) is 0.0499. The number of fused-ring (bicyclic) bond motifs is 2. The molecule has 28 heteroatoms. The highest BCUT2D eigenvalue weighted by Crippen LogP contribution is 2.44. The van der Waals surface area contributed by atoms with E-state index in [9.17, 15) is 0 Å². The lowest BCUT2D eigenvalue weighted by molar-refractivity contribution is 0.414. The number of thioether (sulfide) groups is 1. The van der Waals surface area contributed by atoms with Crippen molar-refractivity contribution in [3.63, 3.8) is 0 Å². The molecule has 3 aromatic heterocycles. The van der Waals surface area contributed by atoms with Crippen molar-refractivity contribution >= 4 is 134 Å². The molecule has 8 aromatic rings. The number of azo groups is 2. The number of nitrogens with zero attached hydrogens (tertiary/aromatic N) is 11. The molecule has 2 N–H and O–H groups in total. The van der Waals surface area contributed by atoms with Gasteiger partial charge in [0.05, 0.1) is 62.2 Å². The zero-order chi connectivity index (χ0) is 54.7. The average Bonchev–Trinajstić information content (AvgIpc) is 4.03. The van der Waals surface area contributed by atoms with Crippen LogP contribution in [0.4, 0.5) is 56.0 Å². The van der Waals surface area contributed by atoms with Crippen LogP contribution in [0.25, 0.3) is 21.8 Å². The minimum Gasteiger partial charge on any atom is -0.497 e. The molecule has 3 heterocycles. The number of nitrogens with one attached hydrogen (secondary N) is 2. The number of rotatable bonds is 21. The third kappa shape index (κ3) is 15.3. The highest BCUT2D eigenvalue weighted by atomic mass is 32.2. The Kier molecular flexibility index (Phi) is 21.2. The summed E-state index contributed by atoms with van der Waals surface area (Å²) in [5.41, 5.74) is 6.61. The van der Waals surface area contributed by atoms with Gasteiger partial charge in [0.25, 0.3) is 0 Å². The van der Waals surface area contributed by atoms with Crippen LogP contribution in [0.5, 0.6) is 23.0 Å². The SMILES string of the molecule is CCN(CC)c1cc(Nc2nc(Nc3cc(N(CC)CC)c(OC)cc3N=Nc3snc4ccc(OC)cc34)nc(SCc3ccccc3)n2)c(N=Nc2snc3ccc(OC)cc23)cc1OC.O=S(=O)=O.O=S(=O)=O. The lowest BCUT2D eigenvalue weighted by atomic mass is 10.2. The fourth-order valence-electron chi connectivity index (χ4n) is 7.34. The summed E-state index contributed by atoms with van der Waals surface area (Å²) in [7, 11) is 0.335. The Labute approximate surface area is 452 Å². The number of aromatic nitrogens is 5. The smallest absolute Gasteiger partial charge is 0.425 e. The molecule has 398 valence electrons. The number of hydrogen-bond donors (Lipinski definition) is 2. The summed E-state index contributed by atoms with van der Waals surface area (Å²) in [6.45, 7) is 11.4. The predicted molar refractivity (Wildman–Crippen MR) is 296 cm³/mol. The molecule has 0 atom stereocenters. The predicted octanol–water partition coefficient (Wildman–Crippen LogP) is 11.4. The van der Waals surface area contributed by atoms with Crippen LogP contribution in [0.2, 0.25) is 0 Å². The number of ether oxygens (including phenoxy) is 4. The van der Waals surface area contributed by atoms with Crippen molar-refractivity contribution < 1.29 is 44.2 Å². The summed E-state index contributed by atoms with van der Waals surface area (Å²) >= 11 is 4.00. The van der Waals surface area contributed by atoms with Crippen molar-refractivity contribution in [2.45, 2.75) is 38.6 Å². The van der Waals surface area contributed by atoms with Crippen molar-refractivity contribution in [2.75, 3.05) is 75.1 Å². The molecule has 0 radical (unpaired) electrons. The molecular weight excluding hydrogens is 1080 g/mol. The maximum Gasteiger partial charge on any atom is 0.425 e. The van der Waals surface area contributed by atoms with Gasteiger partial charge in [-0.05, 0) is 105 Å². The van der Waals surface area contributed by atoms with E-state index >= 15 is 0 Å². The van der Waals surface area contributed by atoms with E-state index in [2.05, 4.69) is 69.0 Å². The molecule has 23 nitrogen and oxygen atoms in total. The van der Waals surface area contributed by atoms with E-state index in [0.29, 0.717) is 66.7 Å². The van der Waals surface area contributed by atoms with E-state index in [4.69, 9.17) is 79.6 Å². The topological polar surface area (TPSA) is 284 Å². The summed E-state index contributed by atoms with van der Waals surface area (Å²) in [5, 5.41) is 29.4. The van der Waals surface area contributed by atoms with Gasteiger partial charge in [-0.1, -0.05) is 42.1 Å². The summed E-state index contributed by atoms with van der Waals surface area (Å²) in [6, 6.07) is 29.2. The minimum atomic E-state index is -3.11. The molecule has 0 fully saturated rings. The monoisotopic (exact) mass is 1130 g/mol. The largest absolute Gasteiger partial charge is 0.497 e. The van der Waals surface area contributed by atoms with Gasteiger partial charge in [-0.15, -0.1) is 45.7 Å². The lowest BCUT2D eigenvalue weighted by Crippen LogP contribution is -2.22. The summed E-state index contributed by atoms with van der Waals surface area (Å²) in [5.74, 6) is 3.82. The van der Waals surface area contributed by atoms with Crippen LogP contribution >= 0.6 is 34.8 Å². The average molecular weight is 1130 g/mol. The molecule has 0 spiro atoms. The maximum atomic E-state index is 8.44. The van der Waals surface area contributed by atoms with Crippen molar-refractivity contribution in [1.29, 1.82) is 0 Å². The van der Waals surface area contributed by atoms with Crippen LogP contribution in [-0.2, 0) is 27.0 Å². The van der Waals surface area contributed by atoms with Crippen molar-refractivity contribution in [3.8, 4) is 23.0 Å². The zero-order valence-corrected chi connectivity index (χ0v) is 46.3. The first-order valence-corrected chi connectivity index (χ1v) is 27.4. The second-order valence-electron chi connectivity index (χ2n) is 15.3. The molecule has 0 aliphatic carbocycles. The fraction of sp³-hybridized carbons (Fsp3) is 0.271. The molecule has 0 aliphatic rings. The van der Waals surface area contributed by atoms with Gasteiger partial charge in [-0.25, -0.2) is 0 Å². The summed E-state index contributed by atoms with van der Waals surface area (Å²) < 4.78 is 82.7. The Hall–Kier alpha value is -7.92. The Balaban J connectivity index is 0.00000109. The lowest BCUT2D eigenvalue weighted by Gasteiger charge is -2.25. The van der Waals surface area contributed by atoms with E-state index in [1.165, 1.54) is 34.8 Å². The van der Waals surface area contributed by atoms with Gasteiger partial charge in [0.15, 0.2) is 15.2 Å². The minimum absolute atomic E-state index is 0.267. The molecule has 0 aliphatic heterocycles. The summed E-state index contributed by atoms with van der Waals surface area (Å²) in [6.07, 6.45) is 0. The van der Waals surface area contributed by atoms with E-state index in [0.717, 1.165) is 64.9 Å². The van der Waals surface area contributed by atoms with Crippen molar-refractivity contribution in [3.05, 3.63) is 96.6 Å². The Morgan fingerprint density at radius 3 is 1.34 bits per heavy atom. The molecule has 0 saturated heterocycles. The van der Waals surface area contributed by atoms with Crippen LogP contribution in [0, 0.1) is 0 Å². The second kappa shape index (κ2) is 28.1. The Bertz CT molecular complexity index is 3340. The van der Waals surface area contributed by atoms with Gasteiger partial charge in [-0.2, -0.15) is 23.7 Å². The van der Waals surface area contributed by atoms with Crippen LogP contribution in [0.1, 0.15) is 33.3 Å². The van der Waals surface area contributed by atoms with E-state index in [1.54, 1.807) is 28.4 Å². The second-order valence-corrected chi connectivity index (χ2v) is 18.5. The van der Waals surface area contributed by atoms with Crippen LogP contribution in [0.3, 0.4) is 0 Å². The molecule has 0 bridgehead atoms. The standard InChI is InChI=1S/C48H51N13O4S3.2O3S/c1-9-60(10-2)40-24-36(38(26-42(40)64-7)54-56-44-32-22-30(62-5)18-20-34(32)58-67-44)49-46-51-47(53-48(52-46)66-28-29-16-14-13-15-17-29)50-37-25-41(61(11-3)12-4)43(65-8)27-39(37)55-57-45-33-23-31(63-6)19-21-35(33)59-68-45;2*1-4(2)3/h13-27H,9-12,28H2,1-8H3,(H2,49,50,51,52,53);;. The highest BCUT2D eigenvalue weighted by Gasteiger charge is 2.20. The van der Waals surface area contributed by atoms with Crippen molar-refractivity contribution in [1.82, 2.24) is 23.7 Å². The van der Waals surface area contributed by atoms with Crippen LogP contribution < -0.4 is 39.4 Å². The first-order chi connectivity index (χ1) is 36.7. The van der Waals surface area contributed by atoms with Crippen LogP contribution in [-0.4, -0.2) is 104 Å². The third-order valence-electron chi connectivity index (χ3n) is 10.9. The number of methoxy groups -OCH3 is 4. The third-order valence-corrected chi connectivity index (χ3v) is 13.4. The molecular formula is C48H51N13O10S5. The van der Waals surface area contributed by atoms with Gasteiger partial charge < -0.3 is 39.4 Å². The van der Waals surface area contributed by atoms with E-state index < -0.39 is 21.2 Å². The normalized spacial score (nSPS) is 10.9. The van der Waals surface area contributed by atoms with Gasteiger partial charge in [0.2, 0.25) is 11.9 Å². The Morgan fingerprint density at radius 2 is 0.961 bits per heavy atom. The molecule has 5 aromatic carbocycles. The zero-order valence-electron chi connectivity index (χ0n) is 42.2. The van der Waals surface area contributed by atoms with Gasteiger partial charge in [0.1, 0.15) is 34.4 Å². The fourth-order valence-corrected chi connectivity index (χ4v) is 9.50. The number of benzene rings is 5. The number of anilines is 6.